The number of unbranched alkanes of at least 4 members (excludes halogenated alkanes) is 2. The molecule has 0 spiro atoms. The van der Waals surface area contributed by atoms with Crippen LogP contribution in [0.25, 0.3) is 0 Å². The first kappa shape index (κ1) is 7.47. The topological polar surface area (TPSA) is 29.1 Å². The highest BCUT2D eigenvalue weighted by Crippen LogP contribution is 1.89. The first-order chi connectivity index (χ1) is 3.91. The summed E-state index contributed by atoms with van der Waals surface area (Å²) >= 11 is 0. The van der Waals surface area contributed by atoms with Gasteiger partial charge in [-0.1, -0.05) is 19.8 Å². The van der Waals surface area contributed by atoms with Gasteiger partial charge in [0.1, 0.15) is 0 Å². The molecule has 8 heavy (non-hydrogen) atoms. The molecule has 1 N–H and O–H groups in total. The molecule has 1 radical (unpaired) electrons. The van der Waals surface area contributed by atoms with Crippen LogP contribution in [0.1, 0.15) is 19.3 Å². The molecular formula is C6H12NO. The molecule has 0 rings (SSSR count). The Kier molecular flexibility index (Phi) is 6.04. The maximum atomic E-state index is 9.64. The van der Waals surface area contributed by atoms with Crippen molar-refractivity contribution in [3.8, 4) is 0 Å². The Labute approximate surface area is 50.3 Å². The quantitative estimate of drug-likeness (QED) is 0.414. The van der Waals surface area contributed by atoms with Crippen molar-refractivity contribution in [1.29, 1.82) is 0 Å². The van der Waals surface area contributed by atoms with E-state index in [9.17, 15) is 4.79 Å². The molecule has 0 atom stereocenters. The van der Waals surface area contributed by atoms with Gasteiger partial charge in [0.25, 0.3) is 0 Å². The molecule has 0 aromatic rings. The molecule has 0 aromatic carbocycles. The molecule has 0 heterocycles. The van der Waals surface area contributed by atoms with E-state index in [4.69, 9.17) is 0 Å². The molecule has 0 unspecified atom stereocenters. The van der Waals surface area contributed by atoms with Crippen molar-refractivity contribution in [2.24, 2.45) is 0 Å². The fraction of sp³-hybridized carbons (Fsp3) is 0.667. The van der Waals surface area contributed by atoms with Crippen LogP contribution in [0.5, 0.6) is 0 Å². The molecule has 1 amide bonds. The molecule has 2 nitrogen and oxygen atoms in total. The molecule has 2 heteroatoms. The first-order valence-corrected chi connectivity index (χ1v) is 2.88. The number of hydrogen-bond donors (Lipinski definition) is 1. The van der Waals surface area contributed by atoms with E-state index in [2.05, 4.69) is 12.2 Å². The van der Waals surface area contributed by atoms with Crippen molar-refractivity contribution in [2.75, 3.05) is 6.54 Å². The van der Waals surface area contributed by atoms with E-state index in [1.54, 1.807) is 0 Å². The Bertz CT molecular complexity index is 54.5. The summed E-state index contributed by atoms with van der Waals surface area (Å²) in [4.78, 5) is 9.64. The van der Waals surface area contributed by atoms with Gasteiger partial charge in [-0.2, -0.15) is 0 Å². The van der Waals surface area contributed by atoms with Crippen molar-refractivity contribution in [3.05, 3.63) is 6.92 Å². The van der Waals surface area contributed by atoms with Gasteiger partial charge in [-0.3, -0.25) is 4.79 Å². The normalized spacial score (nSPS) is 8.62. The smallest absolute Gasteiger partial charge is 0.207 e. The molecule has 0 saturated carbocycles. The number of carbonyl (C=O) groups is 1. The molecule has 0 bridgehead atoms. The largest absolute Gasteiger partial charge is 0.359 e. The van der Waals surface area contributed by atoms with Crippen molar-refractivity contribution < 1.29 is 4.79 Å². The van der Waals surface area contributed by atoms with Crippen molar-refractivity contribution in [1.82, 2.24) is 5.32 Å². The average molecular weight is 114 g/mol. The Balaban J connectivity index is 2.62. The van der Waals surface area contributed by atoms with Crippen LogP contribution in [0.15, 0.2) is 0 Å². The second kappa shape index (κ2) is 6.47. The maximum absolute atomic E-state index is 9.64. The van der Waals surface area contributed by atoms with Crippen LogP contribution in [0.4, 0.5) is 0 Å². The van der Waals surface area contributed by atoms with E-state index in [0.29, 0.717) is 0 Å². The van der Waals surface area contributed by atoms with Crippen LogP contribution >= 0.6 is 0 Å². The van der Waals surface area contributed by atoms with Gasteiger partial charge in [-0.15, -0.1) is 0 Å². The van der Waals surface area contributed by atoms with E-state index >= 15 is 0 Å². The monoisotopic (exact) mass is 114 g/mol. The summed E-state index contributed by atoms with van der Waals surface area (Å²) < 4.78 is 0. The van der Waals surface area contributed by atoms with Gasteiger partial charge in [0.15, 0.2) is 0 Å². The summed E-state index contributed by atoms with van der Waals surface area (Å²) in [5.41, 5.74) is 0. The highest BCUT2D eigenvalue weighted by molar-refractivity contribution is 5.45. The van der Waals surface area contributed by atoms with Crippen molar-refractivity contribution in [3.63, 3.8) is 0 Å². The molecular weight excluding hydrogens is 102 g/mol. The van der Waals surface area contributed by atoms with Crippen LogP contribution in [0, 0.1) is 6.92 Å². The van der Waals surface area contributed by atoms with E-state index in [1.807, 2.05) is 0 Å². The second-order valence-electron chi connectivity index (χ2n) is 1.63. The summed E-state index contributed by atoms with van der Waals surface area (Å²) in [6, 6.07) is 0. The lowest BCUT2D eigenvalue weighted by atomic mass is 10.2. The molecule has 0 aliphatic rings. The standard InChI is InChI=1S/C6H12NO/c1-2-3-4-5-7-6-8/h6H,1-5H2,(H,7,8). The van der Waals surface area contributed by atoms with Crippen molar-refractivity contribution in [2.45, 2.75) is 19.3 Å². The SMILES string of the molecule is [CH2]CCCCNC=O. The molecule has 0 aliphatic heterocycles. The number of carbonyl (C=O) groups excluding carboxylic acids is 1. The lowest BCUT2D eigenvalue weighted by Crippen LogP contribution is -2.11. The number of hydrogen-bond acceptors (Lipinski definition) is 1. The number of nitrogens with one attached hydrogen (secondary N) is 1. The van der Waals surface area contributed by atoms with Gasteiger partial charge in [-0.25, -0.2) is 0 Å². The van der Waals surface area contributed by atoms with Crippen LogP contribution < -0.4 is 5.32 Å². The van der Waals surface area contributed by atoms with Gasteiger partial charge in [-0.05, 0) is 6.42 Å². The fourth-order valence-electron chi connectivity index (χ4n) is 0.463. The zero-order valence-electron chi connectivity index (χ0n) is 5.02. The van der Waals surface area contributed by atoms with Crippen LogP contribution in [0.2, 0.25) is 0 Å². The third-order valence-corrected chi connectivity index (χ3v) is 0.904. The van der Waals surface area contributed by atoms with Crippen LogP contribution in [-0.2, 0) is 4.79 Å². The van der Waals surface area contributed by atoms with E-state index in [1.165, 1.54) is 0 Å². The van der Waals surface area contributed by atoms with Gasteiger partial charge in [0.05, 0.1) is 0 Å². The van der Waals surface area contributed by atoms with Crippen LogP contribution in [0.3, 0.4) is 0 Å². The lowest BCUT2D eigenvalue weighted by molar-refractivity contribution is -0.109. The minimum absolute atomic E-state index is 0.725. The van der Waals surface area contributed by atoms with Gasteiger partial charge in [0, 0.05) is 6.54 Å². The Morgan fingerprint density at radius 1 is 1.50 bits per heavy atom. The summed E-state index contributed by atoms with van der Waals surface area (Å²) in [5.74, 6) is 0. The average Bonchev–Trinajstić information content (AvgIpc) is 1.81. The summed E-state index contributed by atoms with van der Waals surface area (Å²) in [7, 11) is 0. The predicted octanol–water partition coefficient (Wildman–Crippen LogP) is 0.737. The molecule has 0 saturated heterocycles. The zero-order chi connectivity index (χ0) is 6.24. The second-order valence-corrected chi connectivity index (χ2v) is 1.63. The Morgan fingerprint density at radius 3 is 2.75 bits per heavy atom. The molecule has 0 aliphatic carbocycles. The number of rotatable bonds is 5. The lowest BCUT2D eigenvalue weighted by Gasteiger charge is -1.93. The third kappa shape index (κ3) is 5.47. The van der Waals surface area contributed by atoms with Gasteiger partial charge < -0.3 is 5.32 Å². The summed E-state index contributed by atoms with van der Waals surface area (Å²) in [6.07, 6.45) is 3.83. The molecule has 0 aromatic heterocycles. The minimum Gasteiger partial charge on any atom is -0.359 e. The third-order valence-electron chi connectivity index (χ3n) is 0.904. The maximum Gasteiger partial charge on any atom is 0.207 e. The summed E-state index contributed by atoms with van der Waals surface area (Å²) in [5, 5.41) is 2.57. The van der Waals surface area contributed by atoms with Crippen molar-refractivity contribution >= 4 is 6.41 Å². The molecule has 0 fully saturated rings. The predicted molar refractivity (Wildman–Crippen MR) is 33.3 cm³/mol. The van der Waals surface area contributed by atoms with E-state index in [0.717, 1.165) is 32.2 Å². The number of amides is 1. The first-order valence-electron chi connectivity index (χ1n) is 2.88. The highest BCUT2D eigenvalue weighted by Gasteiger charge is 1.81. The fourth-order valence-corrected chi connectivity index (χ4v) is 0.463. The van der Waals surface area contributed by atoms with E-state index in [-0.39, 0.29) is 0 Å². The Hall–Kier alpha value is -0.530. The van der Waals surface area contributed by atoms with E-state index < -0.39 is 0 Å². The van der Waals surface area contributed by atoms with Gasteiger partial charge >= 0.3 is 0 Å². The highest BCUT2D eigenvalue weighted by atomic mass is 16.1. The summed E-state index contributed by atoms with van der Waals surface area (Å²) in [6.45, 7) is 4.46. The van der Waals surface area contributed by atoms with Gasteiger partial charge in [0.2, 0.25) is 6.41 Å². The minimum atomic E-state index is 0.725. The Morgan fingerprint density at radius 2 is 2.25 bits per heavy atom. The zero-order valence-corrected chi connectivity index (χ0v) is 5.02. The molecule has 47 valence electrons. The van der Waals surface area contributed by atoms with Crippen LogP contribution in [-0.4, -0.2) is 13.0 Å².